The van der Waals surface area contributed by atoms with Crippen molar-refractivity contribution in [1.29, 1.82) is 0 Å². The van der Waals surface area contributed by atoms with Gasteiger partial charge in [0.05, 0.1) is 0 Å². The molecule has 48 heavy (non-hydrogen) atoms. The molecule has 3 aromatic carbocycles. The third-order valence-corrected chi connectivity index (χ3v) is 18.3. The Kier molecular flexibility index (Phi) is 12.4. The number of benzene rings is 3. The van der Waals surface area contributed by atoms with Gasteiger partial charge in [-0.2, -0.15) is 0 Å². The summed E-state index contributed by atoms with van der Waals surface area (Å²) in [6.45, 7) is 33.3. The zero-order valence-electron chi connectivity index (χ0n) is 32.3. The molecule has 2 aliphatic carbocycles. The molecule has 0 spiro atoms. The van der Waals surface area contributed by atoms with Crippen LogP contribution in [0.5, 0.6) is 0 Å². The summed E-state index contributed by atoms with van der Waals surface area (Å²) in [6, 6.07) is 24.6. The first-order valence-electron chi connectivity index (χ1n) is 17.8. The molecule has 0 saturated heterocycles. The Morgan fingerprint density at radius 1 is 0.583 bits per heavy atom. The Hall–Kier alpha value is -1.53. The smallest absolute Gasteiger partial charge is 1.00 e. The molecule has 0 aliphatic heterocycles. The molecule has 1 atom stereocenters. The van der Waals surface area contributed by atoms with Gasteiger partial charge in [-0.15, -0.1) is 0 Å². The quantitative estimate of drug-likeness (QED) is 0.269. The van der Waals surface area contributed by atoms with Crippen LogP contribution in [0.15, 0.2) is 81.2 Å². The molecule has 2 aliphatic rings. The summed E-state index contributed by atoms with van der Waals surface area (Å²) >= 11 is -2.66. The van der Waals surface area contributed by atoms with E-state index in [0.29, 0.717) is 9.54 Å². The Morgan fingerprint density at radius 3 is 1.40 bits per heavy atom. The molecular formula is C45H60Cl2Zr. The zero-order valence-corrected chi connectivity index (χ0v) is 36.2. The van der Waals surface area contributed by atoms with Gasteiger partial charge in [0.15, 0.2) is 0 Å². The molecule has 0 fully saturated rings. The predicted octanol–water partition coefficient (Wildman–Crippen LogP) is 6.80. The third kappa shape index (κ3) is 8.00. The van der Waals surface area contributed by atoms with Crippen LogP contribution in [0.1, 0.15) is 147 Å². The van der Waals surface area contributed by atoms with E-state index in [1.807, 2.05) is 3.28 Å². The summed E-state index contributed by atoms with van der Waals surface area (Å²) in [4.78, 5) is 0. The second kappa shape index (κ2) is 14.6. The summed E-state index contributed by atoms with van der Waals surface area (Å²) in [5.74, 6) is 0.535. The Morgan fingerprint density at radius 2 is 1.02 bits per heavy atom. The molecule has 1 unspecified atom stereocenters. The fourth-order valence-corrected chi connectivity index (χ4v) is 16.8. The topological polar surface area (TPSA) is 0 Å². The van der Waals surface area contributed by atoms with E-state index in [2.05, 4.69) is 167 Å². The maximum absolute atomic E-state index is 2.85. The van der Waals surface area contributed by atoms with E-state index in [9.17, 15) is 0 Å². The largest absolute Gasteiger partial charge is 1.00 e. The van der Waals surface area contributed by atoms with Crippen molar-refractivity contribution < 1.29 is 46.1 Å². The van der Waals surface area contributed by atoms with Gasteiger partial charge in [0, 0.05) is 0 Å². The fourth-order valence-electron chi connectivity index (χ4n) is 7.65. The van der Waals surface area contributed by atoms with Gasteiger partial charge >= 0.3 is 292 Å². The first kappa shape index (κ1) is 40.9. The van der Waals surface area contributed by atoms with Gasteiger partial charge in [-0.1, -0.05) is 0 Å². The van der Waals surface area contributed by atoms with Gasteiger partial charge in [-0.3, -0.25) is 0 Å². The van der Waals surface area contributed by atoms with Crippen LogP contribution in [0.4, 0.5) is 0 Å². The van der Waals surface area contributed by atoms with E-state index in [0.717, 1.165) is 6.42 Å². The molecule has 0 bridgehead atoms. The van der Waals surface area contributed by atoms with E-state index in [-0.39, 0.29) is 46.5 Å². The van der Waals surface area contributed by atoms with Crippen molar-refractivity contribution in [2.24, 2.45) is 11.3 Å². The zero-order chi connectivity index (χ0) is 34.0. The van der Waals surface area contributed by atoms with Crippen LogP contribution >= 0.6 is 0 Å². The number of hydrogen-bond acceptors (Lipinski definition) is 0. The predicted molar refractivity (Wildman–Crippen MR) is 200 cm³/mol. The second-order valence-electron chi connectivity index (χ2n) is 18.1. The van der Waals surface area contributed by atoms with Crippen LogP contribution < -0.4 is 24.8 Å². The summed E-state index contributed by atoms with van der Waals surface area (Å²) < 4.78 is 5.15. The first-order valence-corrected chi connectivity index (χ1v) is 21.9. The number of allylic oxidation sites excluding steroid dienone is 4. The SMILES string of the molecule is CCC1=[C](/[Zr+2](=[CH]\c2ccc(C(C)(C)C)cc2)[CH]2c3cc(C(C)(C)C)ccc3-c3ccc(C(C)(C)C)cc32)C(CC)C=C1C(C)(C)C.[Cl-].[Cl-]. The van der Waals surface area contributed by atoms with Crippen molar-refractivity contribution >= 4 is 3.71 Å². The summed E-state index contributed by atoms with van der Waals surface area (Å²) in [7, 11) is 0. The van der Waals surface area contributed by atoms with Gasteiger partial charge in [0.25, 0.3) is 0 Å². The van der Waals surface area contributed by atoms with Crippen LogP contribution in [0.3, 0.4) is 0 Å². The van der Waals surface area contributed by atoms with Crippen molar-refractivity contribution in [2.75, 3.05) is 0 Å². The first-order chi connectivity index (χ1) is 21.3. The number of fused-ring (bicyclic) bond motifs is 3. The standard InChI is InChI=1S/C21H25.C13H21.C11H14.2ClH.Zr/c1-20(2,3)16-7-9-18-14(12-16)11-15-13-17(21(4,5)6)8-10-19(15)18;1-6-10-8-11(7-2)12(9-10)13(3,4)5;1-9-5-7-10(8-6-9)11(2,3)4;;;/h7-13H,1-6H3;9-10H,6-7H2,1-5H3;1,5-8H,2-4H3;2*1H;/q;;;;;+2/p-2. The molecule has 0 N–H and O–H groups in total. The molecular weight excluding hydrogens is 703 g/mol. The molecule has 0 heterocycles. The number of rotatable bonds is 5. The average molecular weight is 763 g/mol. The summed E-state index contributed by atoms with van der Waals surface area (Å²) in [6.07, 6.45) is 4.99. The van der Waals surface area contributed by atoms with Crippen LogP contribution in [0.25, 0.3) is 11.1 Å². The normalized spacial score (nSPS) is 16.7. The average Bonchev–Trinajstić information content (AvgIpc) is 3.50. The number of hydrogen-bond donors (Lipinski definition) is 0. The van der Waals surface area contributed by atoms with Crippen molar-refractivity contribution in [3.05, 3.63) is 115 Å². The van der Waals surface area contributed by atoms with E-state index >= 15 is 0 Å². The van der Waals surface area contributed by atoms with E-state index in [1.165, 1.54) is 39.8 Å². The van der Waals surface area contributed by atoms with E-state index in [4.69, 9.17) is 0 Å². The van der Waals surface area contributed by atoms with Gasteiger partial charge < -0.3 is 24.8 Å². The van der Waals surface area contributed by atoms with Crippen molar-refractivity contribution in [1.82, 2.24) is 0 Å². The molecule has 5 rings (SSSR count). The van der Waals surface area contributed by atoms with Crippen LogP contribution in [-0.2, 0) is 37.5 Å². The maximum atomic E-state index is 2.85. The molecule has 3 aromatic rings. The Balaban J connectivity index is 0.00000312. The van der Waals surface area contributed by atoms with Crippen molar-refractivity contribution in [3.63, 3.8) is 0 Å². The minimum absolute atomic E-state index is 0. The Labute approximate surface area is 314 Å². The van der Waals surface area contributed by atoms with Crippen LogP contribution in [0, 0.1) is 11.3 Å². The molecule has 0 radical (unpaired) electrons. The monoisotopic (exact) mass is 760 g/mol. The maximum Gasteiger partial charge on any atom is -1.00 e. The van der Waals surface area contributed by atoms with Gasteiger partial charge in [-0.05, 0) is 0 Å². The Bertz CT molecular complexity index is 1660. The van der Waals surface area contributed by atoms with Crippen molar-refractivity contribution in [3.8, 4) is 11.1 Å². The van der Waals surface area contributed by atoms with E-state index < -0.39 is 21.3 Å². The van der Waals surface area contributed by atoms with Crippen molar-refractivity contribution in [2.45, 2.75) is 130 Å². The summed E-state index contributed by atoms with van der Waals surface area (Å²) in [5, 5.41) is 0. The van der Waals surface area contributed by atoms with Gasteiger partial charge in [-0.25, -0.2) is 0 Å². The van der Waals surface area contributed by atoms with Crippen LogP contribution in [0.2, 0.25) is 0 Å². The molecule has 0 amide bonds. The molecule has 3 heteroatoms. The number of halogens is 2. The molecule has 0 saturated carbocycles. The second-order valence-corrected chi connectivity index (χ2v) is 23.8. The van der Waals surface area contributed by atoms with Gasteiger partial charge in [0.2, 0.25) is 0 Å². The minimum atomic E-state index is -2.66. The molecule has 0 aromatic heterocycles. The van der Waals surface area contributed by atoms with Gasteiger partial charge in [0.1, 0.15) is 0 Å². The molecule has 0 nitrogen and oxygen atoms in total. The summed E-state index contributed by atoms with van der Waals surface area (Å²) in [5.41, 5.74) is 15.7. The minimum Gasteiger partial charge on any atom is -1.00 e. The third-order valence-electron chi connectivity index (χ3n) is 10.5. The fraction of sp³-hybridized carbons (Fsp3) is 0.489. The van der Waals surface area contributed by atoms with Crippen LogP contribution in [-0.4, -0.2) is 3.71 Å². The van der Waals surface area contributed by atoms with E-state index in [1.54, 1.807) is 22.3 Å². The molecule has 258 valence electrons.